The summed E-state index contributed by atoms with van der Waals surface area (Å²) >= 11 is 1.36. The van der Waals surface area contributed by atoms with Crippen LogP contribution in [0.3, 0.4) is 0 Å². The lowest BCUT2D eigenvalue weighted by molar-refractivity contribution is -0.212. The van der Waals surface area contributed by atoms with E-state index in [1.807, 2.05) is 6.92 Å². The molecule has 0 unspecified atom stereocenters. The molecule has 1 saturated heterocycles. The van der Waals surface area contributed by atoms with E-state index in [-0.39, 0.29) is 17.9 Å². The SMILES string of the molecule is CCCCS[C@H]1O[C@H](COC(C)=O)[C@H](OC(C)=O)[C@H](n2cc(-c3cc(F)c(F)c(F)c3)nn2)[C@H]1OC(C)=O. The van der Waals surface area contributed by atoms with Crippen molar-refractivity contribution < 1.29 is 46.5 Å². The van der Waals surface area contributed by atoms with Crippen molar-refractivity contribution >= 4 is 29.7 Å². The van der Waals surface area contributed by atoms with Gasteiger partial charge in [0.05, 0.1) is 6.20 Å². The number of carbonyl (C=O) groups is 3. The highest BCUT2D eigenvalue weighted by atomic mass is 32.2. The van der Waals surface area contributed by atoms with Gasteiger partial charge in [-0.05, 0) is 24.3 Å². The number of carbonyl (C=O) groups excluding carboxylic acids is 3. The zero-order chi connectivity index (χ0) is 28.0. The largest absolute Gasteiger partial charge is 0.463 e. The first kappa shape index (κ1) is 29.4. The van der Waals surface area contributed by atoms with Crippen LogP contribution in [0.2, 0.25) is 0 Å². The van der Waals surface area contributed by atoms with Gasteiger partial charge in [-0.1, -0.05) is 18.6 Å². The van der Waals surface area contributed by atoms with Crippen molar-refractivity contribution in [3.63, 3.8) is 0 Å². The van der Waals surface area contributed by atoms with Crippen LogP contribution in [0.25, 0.3) is 11.3 Å². The molecule has 1 aliphatic heterocycles. The van der Waals surface area contributed by atoms with Crippen molar-refractivity contribution in [3.8, 4) is 11.3 Å². The van der Waals surface area contributed by atoms with Crippen molar-refractivity contribution in [3.05, 3.63) is 35.8 Å². The number of halogens is 3. The van der Waals surface area contributed by atoms with E-state index >= 15 is 0 Å². The van der Waals surface area contributed by atoms with Crippen molar-refractivity contribution in [1.29, 1.82) is 0 Å². The number of rotatable bonds is 10. The Balaban J connectivity index is 2.09. The molecule has 2 aromatic rings. The van der Waals surface area contributed by atoms with Crippen molar-refractivity contribution in [1.82, 2.24) is 15.0 Å². The molecule has 208 valence electrons. The lowest BCUT2D eigenvalue weighted by Crippen LogP contribution is -2.57. The van der Waals surface area contributed by atoms with Crippen LogP contribution in [0.4, 0.5) is 13.2 Å². The summed E-state index contributed by atoms with van der Waals surface area (Å²) < 4.78 is 64.8. The zero-order valence-electron chi connectivity index (χ0n) is 21.2. The maximum Gasteiger partial charge on any atom is 0.303 e. The Labute approximate surface area is 221 Å². The number of ether oxygens (including phenoxy) is 4. The first-order valence-corrected chi connectivity index (χ1v) is 12.9. The third-order valence-corrected chi connectivity index (χ3v) is 6.78. The third kappa shape index (κ3) is 7.25. The fourth-order valence-corrected chi connectivity index (χ4v) is 5.24. The van der Waals surface area contributed by atoms with Crippen LogP contribution in [-0.2, 0) is 33.3 Å². The Morgan fingerprint density at radius 1 is 1.03 bits per heavy atom. The summed E-state index contributed by atoms with van der Waals surface area (Å²) in [5, 5.41) is 7.99. The number of hydrogen-bond donors (Lipinski definition) is 0. The topological polar surface area (TPSA) is 119 Å². The number of unbranched alkanes of at least 4 members (excludes halogenated alkanes) is 1. The Bertz CT molecular complexity index is 1140. The molecule has 1 aromatic heterocycles. The summed E-state index contributed by atoms with van der Waals surface area (Å²) in [5.41, 5.74) is -0.904. The molecule has 0 aliphatic carbocycles. The molecule has 1 aliphatic rings. The highest BCUT2D eigenvalue weighted by Crippen LogP contribution is 2.39. The highest BCUT2D eigenvalue weighted by molar-refractivity contribution is 7.99. The summed E-state index contributed by atoms with van der Waals surface area (Å²) in [6, 6.07) is 0.487. The van der Waals surface area contributed by atoms with Crippen molar-refractivity contribution in [2.24, 2.45) is 0 Å². The number of nitrogens with zero attached hydrogens (tertiary/aromatic N) is 3. The average molecular weight is 560 g/mol. The molecule has 0 radical (unpaired) electrons. The zero-order valence-corrected chi connectivity index (χ0v) is 22.0. The lowest BCUT2D eigenvalue weighted by atomic mass is 9.96. The van der Waals surface area contributed by atoms with Crippen LogP contribution in [-0.4, -0.2) is 69.0 Å². The molecular weight excluding hydrogens is 531 g/mol. The highest BCUT2D eigenvalue weighted by Gasteiger charge is 2.51. The summed E-state index contributed by atoms with van der Waals surface area (Å²) in [6.45, 7) is 5.30. The molecule has 1 aromatic carbocycles. The molecule has 1 fully saturated rings. The summed E-state index contributed by atoms with van der Waals surface area (Å²) in [4.78, 5) is 35.7. The average Bonchev–Trinajstić information content (AvgIpc) is 3.32. The van der Waals surface area contributed by atoms with Gasteiger partial charge in [0.15, 0.2) is 29.7 Å². The fraction of sp³-hybridized carbons (Fsp3) is 0.542. The third-order valence-electron chi connectivity index (χ3n) is 5.55. The first-order valence-electron chi connectivity index (χ1n) is 11.8. The number of thioether (sulfide) groups is 1. The molecule has 14 heteroatoms. The molecule has 3 rings (SSSR count). The van der Waals surface area contributed by atoms with Gasteiger partial charge in [0.25, 0.3) is 0 Å². The van der Waals surface area contributed by atoms with Gasteiger partial charge in [0.1, 0.15) is 29.9 Å². The van der Waals surface area contributed by atoms with Crippen molar-refractivity contribution in [2.75, 3.05) is 12.4 Å². The van der Waals surface area contributed by atoms with E-state index < -0.39 is 65.1 Å². The van der Waals surface area contributed by atoms with Gasteiger partial charge in [-0.2, -0.15) is 0 Å². The van der Waals surface area contributed by atoms with E-state index in [9.17, 15) is 27.6 Å². The van der Waals surface area contributed by atoms with Crippen LogP contribution in [0.15, 0.2) is 18.3 Å². The first-order chi connectivity index (χ1) is 18.0. The smallest absolute Gasteiger partial charge is 0.303 e. The molecule has 0 N–H and O–H groups in total. The molecule has 0 spiro atoms. The van der Waals surface area contributed by atoms with E-state index in [0.717, 1.165) is 25.0 Å². The minimum absolute atomic E-state index is 0.0239. The van der Waals surface area contributed by atoms with Gasteiger partial charge in [0.2, 0.25) is 0 Å². The van der Waals surface area contributed by atoms with E-state index in [4.69, 9.17) is 18.9 Å². The van der Waals surface area contributed by atoms with E-state index in [1.54, 1.807) is 0 Å². The number of benzene rings is 1. The number of hydrogen-bond acceptors (Lipinski definition) is 10. The molecule has 0 amide bonds. The second-order valence-electron chi connectivity index (χ2n) is 8.55. The van der Waals surface area contributed by atoms with Crippen LogP contribution < -0.4 is 0 Å². The van der Waals surface area contributed by atoms with Crippen LogP contribution in [0, 0.1) is 17.5 Å². The van der Waals surface area contributed by atoms with E-state index in [2.05, 4.69) is 10.3 Å². The molecule has 5 atom stereocenters. The van der Waals surface area contributed by atoms with Crippen molar-refractivity contribution in [2.45, 2.75) is 70.3 Å². The van der Waals surface area contributed by atoms with Crippen LogP contribution >= 0.6 is 11.8 Å². The summed E-state index contributed by atoms with van der Waals surface area (Å²) in [6.07, 6.45) is -0.178. The van der Waals surface area contributed by atoms with Crippen LogP contribution in [0.1, 0.15) is 46.6 Å². The lowest BCUT2D eigenvalue weighted by Gasteiger charge is -2.44. The van der Waals surface area contributed by atoms with Gasteiger partial charge in [-0.15, -0.1) is 16.9 Å². The molecule has 0 saturated carbocycles. The Morgan fingerprint density at radius 3 is 2.24 bits per heavy atom. The standard InChI is InChI=1S/C24H28F3N3O7S/c1-5-6-7-38-24-23(36-14(4)33)21(22(35-13(3)32)19(37-24)11-34-12(2)31)30-10-18(28-29-30)15-8-16(25)20(27)17(26)9-15/h8-10,19,21-24H,5-7,11H2,1-4H3/t19-,21+,22+,23-,24-/m1/s1. The molecule has 38 heavy (non-hydrogen) atoms. The second kappa shape index (κ2) is 13.1. The Kier molecular flexibility index (Phi) is 10.1. The summed E-state index contributed by atoms with van der Waals surface area (Å²) in [5.74, 6) is -5.75. The Morgan fingerprint density at radius 2 is 1.66 bits per heavy atom. The van der Waals surface area contributed by atoms with E-state index in [0.29, 0.717) is 5.75 Å². The monoisotopic (exact) mass is 559 g/mol. The minimum atomic E-state index is -1.63. The Hall–Kier alpha value is -3.13. The fourth-order valence-electron chi connectivity index (χ4n) is 3.92. The van der Waals surface area contributed by atoms with Gasteiger partial charge in [-0.3, -0.25) is 14.4 Å². The number of esters is 3. The molecule has 0 bridgehead atoms. The van der Waals surface area contributed by atoms with Gasteiger partial charge in [0, 0.05) is 26.3 Å². The quantitative estimate of drug-likeness (QED) is 0.185. The minimum Gasteiger partial charge on any atom is -0.463 e. The van der Waals surface area contributed by atoms with E-state index in [1.165, 1.54) is 43.4 Å². The van der Waals surface area contributed by atoms with Gasteiger partial charge < -0.3 is 18.9 Å². The normalized spacial score (nSPS) is 23.1. The molecule has 10 nitrogen and oxygen atoms in total. The molecule has 2 heterocycles. The number of aromatic nitrogens is 3. The predicted molar refractivity (Wildman–Crippen MR) is 128 cm³/mol. The maximum atomic E-state index is 13.9. The maximum absolute atomic E-state index is 13.9. The van der Waals surface area contributed by atoms with Gasteiger partial charge in [-0.25, -0.2) is 17.9 Å². The second-order valence-corrected chi connectivity index (χ2v) is 9.75. The molecular formula is C24H28F3N3O7S. The van der Waals surface area contributed by atoms with Crippen LogP contribution in [0.5, 0.6) is 0 Å². The predicted octanol–water partition coefficient (Wildman–Crippen LogP) is 3.59. The van der Waals surface area contributed by atoms with Gasteiger partial charge >= 0.3 is 17.9 Å². The summed E-state index contributed by atoms with van der Waals surface area (Å²) in [7, 11) is 0.